The predicted octanol–water partition coefficient (Wildman–Crippen LogP) is 2.90. The van der Waals surface area contributed by atoms with E-state index in [-0.39, 0.29) is 15.6 Å². The van der Waals surface area contributed by atoms with Gasteiger partial charge in [-0.3, -0.25) is 15.6 Å². The zero-order valence-corrected chi connectivity index (χ0v) is 17.3. The van der Waals surface area contributed by atoms with Crippen LogP contribution in [0.1, 0.15) is 34.0 Å². The number of benzene rings is 2. The summed E-state index contributed by atoms with van der Waals surface area (Å²) in [6.07, 6.45) is 1.95. The van der Waals surface area contributed by atoms with Crippen molar-refractivity contribution in [3.8, 4) is 0 Å². The van der Waals surface area contributed by atoms with Crippen molar-refractivity contribution in [1.29, 1.82) is 0 Å². The highest BCUT2D eigenvalue weighted by atomic mass is 32.2. The number of aryl methyl sites for hydroxylation is 3. The minimum atomic E-state index is -3.40. The smallest absolute Gasteiger partial charge is 0.269 e. The molecule has 0 radical (unpaired) electrons. The highest BCUT2D eigenvalue weighted by Crippen LogP contribution is 2.21. The largest absolute Gasteiger partial charge is 0.331 e. The number of hydrazine groups is 1. The quantitative estimate of drug-likeness (QED) is 0.536. The van der Waals surface area contributed by atoms with Gasteiger partial charge in [-0.1, -0.05) is 31.2 Å². The molecule has 0 bridgehead atoms. The zero-order chi connectivity index (χ0) is 20.2. The lowest BCUT2D eigenvalue weighted by atomic mass is 10.1. The van der Waals surface area contributed by atoms with E-state index in [1.165, 1.54) is 12.1 Å². The standard InChI is InChI=1S/C19H23N3O3S2/c1-5-14-8-6-7-13(3)17(14)20-19(26)22-21-18(23)16-11-15(27(4,24)25)10-9-12(16)2/h6-11H,5H2,1-4H3,(H,21,23)(H2,20,22,26). The van der Waals surface area contributed by atoms with Crippen molar-refractivity contribution in [3.63, 3.8) is 0 Å². The lowest BCUT2D eigenvalue weighted by molar-refractivity contribution is 0.0943. The molecule has 0 spiro atoms. The molecule has 8 heteroatoms. The van der Waals surface area contributed by atoms with Crippen molar-refractivity contribution in [3.05, 3.63) is 58.7 Å². The lowest BCUT2D eigenvalue weighted by Crippen LogP contribution is -2.44. The van der Waals surface area contributed by atoms with Crippen molar-refractivity contribution in [2.24, 2.45) is 0 Å². The molecule has 1 amide bonds. The van der Waals surface area contributed by atoms with Crippen LogP contribution in [0.2, 0.25) is 0 Å². The Labute approximate surface area is 165 Å². The minimum absolute atomic E-state index is 0.0893. The molecule has 0 saturated carbocycles. The summed E-state index contributed by atoms with van der Waals surface area (Å²) in [4.78, 5) is 12.5. The Kier molecular flexibility index (Phi) is 6.56. The van der Waals surface area contributed by atoms with Gasteiger partial charge in [-0.05, 0) is 61.3 Å². The lowest BCUT2D eigenvalue weighted by Gasteiger charge is -2.16. The molecule has 0 aliphatic carbocycles. The van der Waals surface area contributed by atoms with E-state index in [4.69, 9.17) is 12.2 Å². The normalized spacial score (nSPS) is 11.0. The van der Waals surface area contributed by atoms with Crippen LogP contribution < -0.4 is 16.2 Å². The van der Waals surface area contributed by atoms with E-state index >= 15 is 0 Å². The summed E-state index contributed by atoms with van der Waals surface area (Å²) in [6.45, 7) is 5.76. The first-order valence-corrected chi connectivity index (χ1v) is 10.7. The van der Waals surface area contributed by atoms with Crippen LogP contribution in [-0.4, -0.2) is 25.7 Å². The van der Waals surface area contributed by atoms with Crippen LogP contribution >= 0.6 is 12.2 Å². The number of sulfone groups is 1. The maximum Gasteiger partial charge on any atom is 0.269 e. The number of anilines is 1. The average molecular weight is 406 g/mol. The third-order valence-corrected chi connectivity index (χ3v) is 5.46. The Hall–Kier alpha value is -2.45. The van der Waals surface area contributed by atoms with Crippen LogP contribution in [0.25, 0.3) is 0 Å². The Bertz CT molecular complexity index is 986. The van der Waals surface area contributed by atoms with E-state index < -0.39 is 15.7 Å². The summed E-state index contributed by atoms with van der Waals surface area (Å²) in [5, 5.41) is 3.34. The number of hydrogen-bond acceptors (Lipinski definition) is 4. The first-order valence-electron chi connectivity index (χ1n) is 8.40. The second-order valence-electron chi connectivity index (χ2n) is 6.24. The zero-order valence-electron chi connectivity index (χ0n) is 15.7. The molecule has 2 aromatic rings. The molecule has 0 aliphatic heterocycles. The molecule has 0 saturated heterocycles. The summed E-state index contributed by atoms with van der Waals surface area (Å²) in [6, 6.07) is 10.4. The number of amides is 1. The van der Waals surface area contributed by atoms with Crippen molar-refractivity contribution in [2.75, 3.05) is 11.6 Å². The van der Waals surface area contributed by atoms with Crippen molar-refractivity contribution in [1.82, 2.24) is 10.9 Å². The van der Waals surface area contributed by atoms with Crippen molar-refractivity contribution in [2.45, 2.75) is 32.1 Å². The summed E-state index contributed by atoms with van der Waals surface area (Å²) < 4.78 is 23.4. The molecular weight excluding hydrogens is 382 g/mol. The summed E-state index contributed by atoms with van der Waals surface area (Å²) in [5.74, 6) is -0.470. The fraction of sp³-hybridized carbons (Fsp3) is 0.263. The highest BCUT2D eigenvalue weighted by Gasteiger charge is 2.15. The topological polar surface area (TPSA) is 87.3 Å². The first-order chi connectivity index (χ1) is 12.6. The van der Waals surface area contributed by atoms with Gasteiger partial charge in [-0.2, -0.15) is 0 Å². The van der Waals surface area contributed by atoms with E-state index in [2.05, 4.69) is 23.1 Å². The molecule has 3 N–H and O–H groups in total. The van der Waals surface area contributed by atoms with Gasteiger partial charge in [-0.25, -0.2) is 8.42 Å². The second-order valence-corrected chi connectivity index (χ2v) is 8.67. The van der Waals surface area contributed by atoms with E-state index in [1.807, 2.05) is 25.1 Å². The maximum absolute atomic E-state index is 12.4. The Balaban J connectivity index is 2.09. The number of para-hydroxylation sites is 1. The van der Waals surface area contributed by atoms with Crippen LogP contribution in [0, 0.1) is 13.8 Å². The van der Waals surface area contributed by atoms with Gasteiger partial charge in [0.05, 0.1) is 4.90 Å². The number of thiocarbonyl (C=S) groups is 1. The van der Waals surface area contributed by atoms with Crippen LogP contribution in [0.4, 0.5) is 5.69 Å². The fourth-order valence-electron chi connectivity index (χ4n) is 2.60. The summed E-state index contributed by atoms with van der Waals surface area (Å²) in [7, 11) is -3.40. The monoisotopic (exact) mass is 405 g/mol. The summed E-state index contributed by atoms with van der Waals surface area (Å²) in [5.41, 5.74) is 9.16. The SMILES string of the molecule is CCc1cccc(C)c1NC(=S)NNC(=O)c1cc(S(C)(=O)=O)ccc1C. The van der Waals surface area contributed by atoms with Gasteiger partial charge in [0.15, 0.2) is 14.9 Å². The number of carbonyl (C=O) groups is 1. The van der Waals surface area contributed by atoms with Crippen molar-refractivity contribution < 1.29 is 13.2 Å². The number of nitrogens with one attached hydrogen (secondary N) is 3. The Morgan fingerprint density at radius 3 is 2.41 bits per heavy atom. The molecule has 0 aromatic heterocycles. The summed E-state index contributed by atoms with van der Waals surface area (Å²) >= 11 is 5.26. The predicted molar refractivity (Wildman–Crippen MR) is 112 cm³/mol. The van der Waals surface area contributed by atoms with Crippen molar-refractivity contribution >= 4 is 38.8 Å². The molecule has 144 valence electrons. The highest BCUT2D eigenvalue weighted by molar-refractivity contribution is 7.90. The Morgan fingerprint density at radius 2 is 1.78 bits per heavy atom. The minimum Gasteiger partial charge on any atom is -0.331 e. The molecule has 0 atom stereocenters. The van der Waals surface area contributed by atoms with Gasteiger partial charge in [-0.15, -0.1) is 0 Å². The number of carbonyl (C=O) groups excluding carboxylic acids is 1. The van der Waals surface area contributed by atoms with Crippen LogP contribution in [0.5, 0.6) is 0 Å². The van der Waals surface area contributed by atoms with E-state index in [0.29, 0.717) is 5.56 Å². The third kappa shape index (κ3) is 5.27. The fourth-order valence-corrected chi connectivity index (χ4v) is 3.40. The first kappa shape index (κ1) is 20.9. The molecule has 0 unspecified atom stereocenters. The molecule has 6 nitrogen and oxygen atoms in total. The van der Waals surface area contributed by atoms with Crippen LogP contribution in [-0.2, 0) is 16.3 Å². The van der Waals surface area contributed by atoms with E-state index in [1.54, 1.807) is 13.0 Å². The third-order valence-electron chi connectivity index (χ3n) is 4.15. The van der Waals surface area contributed by atoms with Crippen LogP contribution in [0.3, 0.4) is 0 Å². The van der Waals surface area contributed by atoms with Crippen LogP contribution in [0.15, 0.2) is 41.3 Å². The molecule has 0 aliphatic rings. The van der Waals surface area contributed by atoms with E-state index in [9.17, 15) is 13.2 Å². The van der Waals surface area contributed by atoms with Gasteiger partial charge in [0, 0.05) is 17.5 Å². The van der Waals surface area contributed by atoms with Gasteiger partial charge in [0.2, 0.25) is 0 Å². The van der Waals surface area contributed by atoms with Gasteiger partial charge in [0.1, 0.15) is 0 Å². The van der Waals surface area contributed by atoms with Gasteiger partial charge < -0.3 is 5.32 Å². The average Bonchev–Trinajstić information content (AvgIpc) is 2.60. The van der Waals surface area contributed by atoms with E-state index in [0.717, 1.165) is 29.5 Å². The second kappa shape index (κ2) is 8.49. The molecule has 0 fully saturated rings. The number of rotatable bonds is 4. The molecule has 2 rings (SSSR count). The molecule has 27 heavy (non-hydrogen) atoms. The van der Waals surface area contributed by atoms with Gasteiger partial charge >= 0.3 is 0 Å². The van der Waals surface area contributed by atoms with Gasteiger partial charge in [0.25, 0.3) is 5.91 Å². The molecule has 0 heterocycles. The Morgan fingerprint density at radius 1 is 1.07 bits per heavy atom. The molecular formula is C19H23N3O3S2. The maximum atomic E-state index is 12.4. The molecule has 2 aromatic carbocycles. The number of hydrogen-bond donors (Lipinski definition) is 3.